The topological polar surface area (TPSA) is 93.1 Å². The van der Waals surface area contributed by atoms with Crippen LogP contribution in [0.4, 0.5) is 4.79 Å². The fraction of sp³-hybridized carbons (Fsp3) is 0.435. The van der Waals surface area contributed by atoms with Crippen LogP contribution in [0.3, 0.4) is 0 Å². The second-order valence-electron chi connectivity index (χ2n) is 8.30. The first kappa shape index (κ1) is 22.6. The van der Waals surface area contributed by atoms with E-state index in [0.717, 1.165) is 5.39 Å². The van der Waals surface area contributed by atoms with Crippen LogP contribution in [0.15, 0.2) is 42.5 Å². The Kier molecular flexibility index (Phi) is 6.50. The van der Waals surface area contributed by atoms with Crippen LogP contribution in [0.2, 0.25) is 0 Å². The van der Waals surface area contributed by atoms with E-state index in [9.17, 15) is 14.4 Å². The summed E-state index contributed by atoms with van der Waals surface area (Å²) in [6.45, 7) is 7.88. The van der Waals surface area contributed by atoms with Gasteiger partial charge >= 0.3 is 18.0 Å². The molecule has 3 atom stereocenters. The molecule has 8 nitrogen and oxygen atoms in total. The second kappa shape index (κ2) is 8.93. The van der Waals surface area contributed by atoms with Crippen LogP contribution in [0.5, 0.6) is 0 Å². The van der Waals surface area contributed by atoms with Crippen LogP contribution < -0.4 is 0 Å². The molecule has 0 aliphatic carbocycles. The van der Waals surface area contributed by atoms with Gasteiger partial charge in [0.2, 0.25) is 0 Å². The fourth-order valence-corrected chi connectivity index (χ4v) is 3.35. The van der Waals surface area contributed by atoms with Crippen LogP contribution in [0.25, 0.3) is 10.9 Å². The lowest BCUT2D eigenvalue weighted by Crippen LogP contribution is -2.40. The molecule has 0 saturated carbocycles. The van der Waals surface area contributed by atoms with Gasteiger partial charge in [-0.05, 0) is 39.0 Å². The van der Waals surface area contributed by atoms with E-state index in [1.807, 2.05) is 30.3 Å². The van der Waals surface area contributed by atoms with Crippen LogP contribution >= 0.6 is 0 Å². The number of fused-ring (bicyclic) bond motifs is 1. The number of hydrogen-bond donors (Lipinski definition) is 0. The lowest BCUT2D eigenvalue weighted by Gasteiger charge is -2.32. The summed E-state index contributed by atoms with van der Waals surface area (Å²) < 4.78 is 23.6. The number of ether oxygens (including phenoxy) is 4. The standard InChI is InChI=1S/C23H27NO7/c1-14(25)28-13-21-20(29-15(2)26)11-10-19(30-21)18-12-16-8-6-7-9-17(16)24(18)22(27)31-23(3,4)5/h6-12,19-21H,13H2,1-5H3/t19-,20+,21-/m1/s1. The van der Waals surface area contributed by atoms with E-state index >= 15 is 0 Å². The predicted octanol–water partition coefficient (Wildman–Crippen LogP) is 3.92. The number of esters is 2. The number of para-hydroxylation sites is 1. The lowest BCUT2D eigenvalue weighted by molar-refractivity contribution is -0.163. The van der Waals surface area contributed by atoms with Crippen LogP contribution in [0.1, 0.15) is 46.4 Å². The Hall–Kier alpha value is -3.13. The van der Waals surface area contributed by atoms with Gasteiger partial charge in [0, 0.05) is 19.2 Å². The molecule has 0 amide bonds. The molecule has 166 valence electrons. The van der Waals surface area contributed by atoms with Crippen molar-refractivity contribution in [2.75, 3.05) is 6.61 Å². The summed E-state index contributed by atoms with van der Waals surface area (Å²) in [6.07, 6.45) is 0.778. The summed E-state index contributed by atoms with van der Waals surface area (Å²) in [4.78, 5) is 35.8. The van der Waals surface area contributed by atoms with Crippen LogP contribution in [0, 0.1) is 0 Å². The summed E-state index contributed by atoms with van der Waals surface area (Å²) >= 11 is 0. The number of hydrogen-bond acceptors (Lipinski definition) is 7. The molecule has 8 heteroatoms. The van der Waals surface area contributed by atoms with Crippen molar-refractivity contribution >= 4 is 28.9 Å². The first-order valence-electron chi connectivity index (χ1n) is 10.0. The molecule has 0 spiro atoms. The van der Waals surface area contributed by atoms with Gasteiger partial charge < -0.3 is 18.9 Å². The van der Waals surface area contributed by atoms with Crippen molar-refractivity contribution in [2.24, 2.45) is 0 Å². The molecule has 0 saturated heterocycles. The van der Waals surface area contributed by atoms with Gasteiger partial charge in [-0.2, -0.15) is 0 Å². The molecule has 1 aliphatic rings. The first-order chi connectivity index (χ1) is 14.5. The highest BCUT2D eigenvalue weighted by molar-refractivity contribution is 5.91. The number of nitrogens with zero attached hydrogens (tertiary/aromatic N) is 1. The van der Waals surface area contributed by atoms with Crippen molar-refractivity contribution in [3.05, 3.63) is 48.2 Å². The Morgan fingerprint density at radius 2 is 1.77 bits per heavy atom. The maximum Gasteiger partial charge on any atom is 0.419 e. The van der Waals surface area contributed by atoms with Crippen LogP contribution in [-0.2, 0) is 28.5 Å². The Balaban J connectivity index is 2.00. The molecule has 3 rings (SSSR count). The summed E-state index contributed by atoms with van der Waals surface area (Å²) in [5.74, 6) is -0.952. The van der Waals surface area contributed by atoms with Gasteiger partial charge in [-0.15, -0.1) is 0 Å². The van der Waals surface area contributed by atoms with Gasteiger partial charge in [0.05, 0.1) is 11.2 Å². The van der Waals surface area contributed by atoms with Crippen LogP contribution in [-0.4, -0.2) is 47.0 Å². The molecular weight excluding hydrogens is 402 g/mol. The maximum atomic E-state index is 13.0. The first-order valence-corrected chi connectivity index (χ1v) is 10.0. The zero-order chi connectivity index (χ0) is 22.8. The molecule has 31 heavy (non-hydrogen) atoms. The van der Waals surface area contributed by atoms with Crippen molar-refractivity contribution in [2.45, 2.75) is 58.5 Å². The maximum absolute atomic E-state index is 13.0. The van der Waals surface area contributed by atoms with Crippen molar-refractivity contribution in [1.29, 1.82) is 0 Å². The van der Waals surface area contributed by atoms with Crippen molar-refractivity contribution in [3.8, 4) is 0 Å². The average molecular weight is 429 g/mol. The zero-order valence-electron chi connectivity index (χ0n) is 18.3. The Labute approximate surface area is 180 Å². The predicted molar refractivity (Wildman–Crippen MR) is 113 cm³/mol. The van der Waals surface area contributed by atoms with Gasteiger partial charge in [0.25, 0.3) is 0 Å². The van der Waals surface area contributed by atoms with Gasteiger partial charge in [-0.3, -0.25) is 9.59 Å². The molecule has 0 fully saturated rings. The quantitative estimate of drug-likeness (QED) is 0.413. The monoisotopic (exact) mass is 429 g/mol. The SMILES string of the molecule is CC(=O)OC[C@H]1O[C@@H](c2cc3ccccc3n2C(=O)OC(C)(C)C)C=C[C@@H]1OC(C)=O. The molecule has 1 aliphatic heterocycles. The third kappa shape index (κ3) is 5.52. The number of carbonyl (C=O) groups is 3. The number of aromatic nitrogens is 1. The van der Waals surface area contributed by atoms with E-state index < -0.39 is 41.9 Å². The summed E-state index contributed by atoms with van der Waals surface area (Å²) in [5, 5.41) is 0.846. The minimum Gasteiger partial charge on any atom is -0.463 e. The van der Waals surface area contributed by atoms with E-state index in [4.69, 9.17) is 18.9 Å². The van der Waals surface area contributed by atoms with E-state index in [0.29, 0.717) is 11.2 Å². The molecule has 0 radical (unpaired) electrons. The molecule has 2 heterocycles. The zero-order valence-corrected chi connectivity index (χ0v) is 18.3. The summed E-state index contributed by atoms with van der Waals surface area (Å²) in [5.41, 5.74) is 0.560. The average Bonchev–Trinajstić information content (AvgIpc) is 3.05. The molecule has 2 aromatic rings. The van der Waals surface area contributed by atoms with Crippen molar-refractivity contribution < 1.29 is 33.3 Å². The Morgan fingerprint density at radius 1 is 1.06 bits per heavy atom. The third-order valence-electron chi connectivity index (χ3n) is 4.52. The Bertz CT molecular complexity index is 1010. The molecule has 1 aromatic carbocycles. The summed E-state index contributed by atoms with van der Waals surface area (Å²) in [6, 6.07) is 9.29. The Morgan fingerprint density at radius 3 is 2.42 bits per heavy atom. The highest BCUT2D eigenvalue weighted by Crippen LogP contribution is 2.33. The van der Waals surface area contributed by atoms with Crippen molar-refractivity contribution in [3.63, 3.8) is 0 Å². The molecule has 0 bridgehead atoms. The molecule has 1 aromatic heterocycles. The van der Waals surface area contributed by atoms with E-state index in [1.54, 1.807) is 32.9 Å². The number of rotatable bonds is 4. The largest absolute Gasteiger partial charge is 0.463 e. The highest BCUT2D eigenvalue weighted by Gasteiger charge is 2.34. The minimum atomic E-state index is -0.729. The fourth-order valence-electron chi connectivity index (χ4n) is 3.35. The number of benzene rings is 1. The third-order valence-corrected chi connectivity index (χ3v) is 4.52. The highest BCUT2D eigenvalue weighted by atomic mass is 16.6. The molecule has 0 unspecified atom stereocenters. The lowest BCUT2D eigenvalue weighted by atomic mass is 10.1. The molecule has 0 N–H and O–H groups in total. The smallest absolute Gasteiger partial charge is 0.419 e. The van der Waals surface area contributed by atoms with Gasteiger partial charge in [0.1, 0.15) is 30.5 Å². The summed E-state index contributed by atoms with van der Waals surface area (Å²) in [7, 11) is 0. The minimum absolute atomic E-state index is 0.0964. The van der Waals surface area contributed by atoms with Crippen molar-refractivity contribution in [1.82, 2.24) is 4.57 Å². The number of carbonyl (C=O) groups excluding carboxylic acids is 3. The van der Waals surface area contributed by atoms with Gasteiger partial charge in [-0.25, -0.2) is 9.36 Å². The normalized spacial score (nSPS) is 21.0. The van der Waals surface area contributed by atoms with E-state index in [-0.39, 0.29) is 6.61 Å². The molecular formula is C23H27NO7. The van der Waals surface area contributed by atoms with Gasteiger partial charge in [-0.1, -0.05) is 24.3 Å². The van der Waals surface area contributed by atoms with Gasteiger partial charge in [0.15, 0.2) is 0 Å². The van der Waals surface area contributed by atoms with E-state index in [2.05, 4.69) is 0 Å². The van der Waals surface area contributed by atoms with E-state index in [1.165, 1.54) is 18.4 Å². The second-order valence-corrected chi connectivity index (χ2v) is 8.30.